The van der Waals surface area contributed by atoms with Gasteiger partial charge >= 0.3 is 5.97 Å². The Morgan fingerprint density at radius 1 is 1.35 bits per heavy atom. The molecule has 1 fully saturated rings. The highest BCUT2D eigenvalue weighted by atomic mass is 16.5. The zero-order valence-corrected chi connectivity index (χ0v) is 13.4. The lowest BCUT2D eigenvalue weighted by Crippen LogP contribution is -2.50. The molecule has 0 aromatic carbocycles. The van der Waals surface area contributed by atoms with Crippen LogP contribution in [0.15, 0.2) is 0 Å². The van der Waals surface area contributed by atoms with E-state index in [-0.39, 0.29) is 5.97 Å². The Morgan fingerprint density at radius 3 is 2.65 bits per heavy atom. The Labute approximate surface area is 123 Å². The molecular weight excluding hydrogens is 254 g/mol. The van der Waals surface area contributed by atoms with Crippen LogP contribution in [-0.4, -0.2) is 38.4 Å². The first-order valence-electron chi connectivity index (χ1n) is 8.03. The third kappa shape index (κ3) is 5.80. The molecule has 0 aliphatic heterocycles. The minimum absolute atomic E-state index is 0.180. The van der Waals surface area contributed by atoms with E-state index in [1.807, 2.05) is 6.92 Å². The van der Waals surface area contributed by atoms with Gasteiger partial charge in [-0.25, -0.2) is 0 Å². The molecule has 1 N–H and O–H groups in total. The number of nitrogens with one attached hydrogen (secondary N) is 1. The lowest BCUT2D eigenvalue weighted by atomic mass is 9.83. The molecule has 0 aromatic rings. The van der Waals surface area contributed by atoms with Crippen LogP contribution in [-0.2, 0) is 14.3 Å². The SMILES string of the molecule is CCCNC(C)(CCCOCCC1CCC1)C(=O)OC. The highest BCUT2D eigenvalue weighted by Gasteiger charge is 2.32. The Morgan fingerprint density at radius 2 is 2.10 bits per heavy atom. The van der Waals surface area contributed by atoms with Gasteiger partial charge in [0, 0.05) is 13.2 Å². The predicted octanol–water partition coefficient (Wildman–Crippen LogP) is 2.90. The van der Waals surface area contributed by atoms with Crippen LogP contribution >= 0.6 is 0 Å². The van der Waals surface area contributed by atoms with E-state index in [2.05, 4.69) is 12.2 Å². The molecule has 1 saturated carbocycles. The topological polar surface area (TPSA) is 47.6 Å². The zero-order valence-electron chi connectivity index (χ0n) is 13.4. The summed E-state index contributed by atoms with van der Waals surface area (Å²) in [6, 6.07) is 0. The minimum atomic E-state index is -0.581. The Bertz CT molecular complexity index is 279. The highest BCUT2D eigenvalue weighted by molar-refractivity contribution is 5.80. The maximum atomic E-state index is 11.9. The van der Waals surface area contributed by atoms with E-state index in [9.17, 15) is 4.79 Å². The van der Waals surface area contributed by atoms with E-state index in [0.717, 1.165) is 44.9 Å². The van der Waals surface area contributed by atoms with Crippen molar-refractivity contribution in [3.8, 4) is 0 Å². The monoisotopic (exact) mass is 285 g/mol. The molecule has 0 heterocycles. The molecule has 20 heavy (non-hydrogen) atoms. The van der Waals surface area contributed by atoms with Crippen molar-refractivity contribution in [2.24, 2.45) is 5.92 Å². The van der Waals surface area contributed by atoms with Crippen molar-refractivity contribution in [1.29, 1.82) is 0 Å². The molecule has 0 saturated heterocycles. The molecule has 1 rings (SSSR count). The molecule has 0 radical (unpaired) electrons. The molecule has 0 spiro atoms. The fourth-order valence-corrected chi connectivity index (χ4v) is 2.55. The largest absolute Gasteiger partial charge is 0.468 e. The van der Waals surface area contributed by atoms with Crippen LogP contribution in [0.25, 0.3) is 0 Å². The van der Waals surface area contributed by atoms with Crippen LogP contribution < -0.4 is 5.32 Å². The summed E-state index contributed by atoms with van der Waals surface area (Å²) in [7, 11) is 1.45. The van der Waals surface area contributed by atoms with Gasteiger partial charge in [0.25, 0.3) is 0 Å². The van der Waals surface area contributed by atoms with Gasteiger partial charge in [0.05, 0.1) is 7.11 Å². The third-order valence-corrected chi connectivity index (χ3v) is 4.26. The van der Waals surface area contributed by atoms with E-state index in [1.165, 1.54) is 32.8 Å². The number of esters is 1. The summed E-state index contributed by atoms with van der Waals surface area (Å²) in [6.07, 6.45) is 7.99. The van der Waals surface area contributed by atoms with Gasteiger partial charge in [-0.3, -0.25) is 4.79 Å². The lowest BCUT2D eigenvalue weighted by molar-refractivity contribution is -0.148. The van der Waals surface area contributed by atoms with Crippen LogP contribution in [0.2, 0.25) is 0 Å². The summed E-state index contributed by atoms with van der Waals surface area (Å²) in [5.74, 6) is 0.724. The van der Waals surface area contributed by atoms with Gasteiger partial charge in [-0.1, -0.05) is 26.2 Å². The summed E-state index contributed by atoms with van der Waals surface area (Å²) in [6.45, 7) is 6.43. The molecular formula is C16H31NO3. The lowest BCUT2D eigenvalue weighted by Gasteiger charge is -2.28. The van der Waals surface area contributed by atoms with Crippen molar-refractivity contribution in [3.63, 3.8) is 0 Å². The van der Waals surface area contributed by atoms with Gasteiger partial charge in [-0.2, -0.15) is 0 Å². The summed E-state index contributed by atoms with van der Waals surface area (Å²) in [5, 5.41) is 3.29. The molecule has 0 amide bonds. The second kappa shape index (κ2) is 9.35. The standard InChI is InChI=1S/C16H31NO3/c1-4-11-17-16(2,15(18)19-3)10-6-12-20-13-9-14-7-5-8-14/h14,17H,4-13H2,1-3H3. The second-order valence-electron chi connectivity index (χ2n) is 6.05. The molecule has 1 atom stereocenters. The second-order valence-corrected chi connectivity index (χ2v) is 6.05. The van der Waals surface area contributed by atoms with Gasteiger partial charge in [0.2, 0.25) is 0 Å². The van der Waals surface area contributed by atoms with Crippen LogP contribution in [0.3, 0.4) is 0 Å². The number of carbonyl (C=O) groups excluding carboxylic acids is 1. The van der Waals surface area contributed by atoms with Gasteiger partial charge in [0.15, 0.2) is 0 Å². The Balaban J connectivity index is 2.14. The first-order chi connectivity index (χ1) is 9.62. The van der Waals surface area contributed by atoms with Crippen LogP contribution in [0.4, 0.5) is 0 Å². The number of hydrogen-bond donors (Lipinski definition) is 1. The van der Waals surface area contributed by atoms with Crippen molar-refractivity contribution in [2.75, 3.05) is 26.9 Å². The van der Waals surface area contributed by atoms with Gasteiger partial charge in [-0.15, -0.1) is 0 Å². The van der Waals surface area contributed by atoms with Crippen LogP contribution in [0.1, 0.15) is 58.8 Å². The maximum absolute atomic E-state index is 11.9. The first-order valence-corrected chi connectivity index (χ1v) is 8.03. The zero-order chi connectivity index (χ0) is 14.8. The summed E-state index contributed by atoms with van der Waals surface area (Å²) in [5.41, 5.74) is -0.581. The number of methoxy groups -OCH3 is 1. The maximum Gasteiger partial charge on any atom is 0.325 e. The van der Waals surface area contributed by atoms with Crippen molar-refractivity contribution in [3.05, 3.63) is 0 Å². The van der Waals surface area contributed by atoms with Gasteiger partial charge < -0.3 is 14.8 Å². The molecule has 1 aliphatic carbocycles. The fourth-order valence-electron chi connectivity index (χ4n) is 2.55. The minimum Gasteiger partial charge on any atom is -0.468 e. The van der Waals surface area contributed by atoms with Crippen molar-refractivity contribution in [1.82, 2.24) is 5.32 Å². The summed E-state index contributed by atoms with van der Waals surface area (Å²) >= 11 is 0. The average molecular weight is 285 g/mol. The number of ether oxygens (including phenoxy) is 2. The first kappa shape index (κ1) is 17.4. The number of hydrogen-bond acceptors (Lipinski definition) is 4. The van der Waals surface area contributed by atoms with E-state index in [0.29, 0.717) is 0 Å². The van der Waals surface area contributed by atoms with Gasteiger partial charge in [0.1, 0.15) is 5.54 Å². The van der Waals surface area contributed by atoms with Crippen molar-refractivity contribution >= 4 is 5.97 Å². The van der Waals surface area contributed by atoms with Gasteiger partial charge in [-0.05, 0) is 45.1 Å². The highest BCUT2D eigenvalue weighted by Crippen LogP contribution is 2.29. The van der Waals surface area contributed by atoms with Crippen molar-refractivity contribution in [2.45, 2.75) is 64.3 Å². The van der Waals surface area contributed by atoms with E-state index >= 15 is 0 Å². The molecule has 4 heteroatoms. The summed E-state index contributed by atoms with van der Waals surface area (Å²) in [4.78, 5) is 11.9. The van der Waals surface area contributed by atoms with Crippen molar-refractivity contribution < 1.29 is 14.3 Å². The molecule has 4 nitrogen and oxygen atoms in total. The molecule has 0 bridgehead atoms. The fraction of sp³-hybridized carbons (Fsp3) is 0.938. The van der Waals surface area contributed by atoms with E-state index in [4.69, 9.17) is 9.47 Å². The van der Waals surface area contributed by atoms with E-state index < -0.39 is 5.54 Å². The number of carbonyl (C=O) groups is 1. The Kier molecular flexibility index (Phi) is 8.15. The molecule has 0 aromatic heterocycles. The van der Waals surface area contributed by atoms with E-state index in [1.54, 1.807) is 0 Å². The normalized spacial score (nSPS) is 18.4. The molecule has 118 valence electrons. The third-order valence-electron chi connectivity index (χ3n) is 4.26. The quantitative estimate of drug-likeness (QED) is 0.468. The Hall–Kier alpha value is -0.610. The molecule has 1 aliphatic rings. The predicted molar refractivity (Wildman–Crippen MR) is 80.7 cm³/mol. The molecule has 1 unspecified atom stereocenters. The number of rotatable bonds is 11. The van der Waals surface area contributed by atoms with Crippen LogP contribution in [0.5, 0.6) is 0 Å². The smallest absolute Gasteiger partial charge is 0.325 e. The van der Waals surface area contributed by atoms with Crippen LogP contribution in [0, 0.1) is 5.92 Å². The summed E-state index contributed by atoms with van der Waals surface area (Å²) < 4.78 is 10.6. The average Bonchev–Trinajstić information content (AvgIpc) is 2.41.